The van der Waals surface area contributed by atoms with Gasteiger partial charge in [-0.15, -0.1) is 0 Å². The van der Waals surface area contributed by atoms with Crippen LogP contribution < -0.4 is 0 Å². The highest BCUT2D eigenvalue weighted by atomic mass is 32.2. The summed E-state index contributed by atoms with van der Waals surface area (Å²) in [5.74, 6) is 0.0436. The second-order valence-corrected chi connectivity index (χ2v) is 6.42. The van der Waals surface area contributed by atoms with Crippen LogP contribution in [0.2, 0.25) is 0 Å². The molecule has 0 radical (unpaired) electrons. The fourth-order valence-corrected chi connectivity index (χ4v) is 2.44. The summed E-state index contributed by atoms with van der Waals surface area (Å²) in [6.07, 6.45) is 1.70. The van der Waals surface area contributed by atoms with Gasteiger partial charge >= 0.3 is 0 Å². The fraction of sp³-hybridized carbons (Fsp3) is 0.333. The van der Waals surface area contributed by atoms with Crippen LogP contribution in [0, 0.1) is 6.92 Å². The largest absolute Gasteiger partial charge is 0.295 e. The average molecular weight is 224 g/mol. The van der Waals surface area contributed by atoms with E-state index in [-0.39, 0.29) is 5.78 Å². The van der Waals surface area contributed by atoms with E-state index in [1.54, 1.807) is 30.7 Å². The summed E-state index contributed by atoms with van der Waals surface area (Å²) in [6, 6.07) is 5.35. The lowest BCUT2D eigenvalue weighted by Gasteiger charge is -2.08. The third kappa shape index (κ3) is 2.48. The molecule has 0 heterocycles. The second kappa shape index (κ2) is 4.19. The molecular weight excluding hydrogens is 208 g/mol. The second-order valence-electron chi connectivity index (χ2n) is 3.67. The molecule has 82 valence electrons. The topological polar surface area (TPSA) is 34.1 Å². The molecule has 0 aliphatic carbocycles. The van der Waals surface area contributed by atoms with E-state index in [2.05, 4.69) is 0 Å². The molecule has 0 fully saturated rings. The Morgan fingerprint density at radius 1 is 1.40 bits per heavy atom. The van der Waals surface area contributed by atoms with Gasteiger partial charge in [0.15, 0.2) is 5.78 Å². The van der Waals surface area contributed by atoms with Crippen LogP contribution in [0.3, 0.4) is 0 Å². The Labute approximate surface area is 91.3 Å². The van der Waals surface area contributed by atoms with Crippen molar-refractivity contribution in [3.63, 3.8) is 0 Å². The van der Waals surface area contributed by atoms with Gasteiger partial charge in [-0.25, -0.2) is 0 Å². The molecule has 0 aliphatic rings. The highest BCUT2D eigenvalue weighted by molar-refractivity contribution is 8.00. The first-order chi connectivity index (χ1) is 6.88. The number of carbonyl (C=O) groups excluding carboxylic acids is 1. The minimum Gasteiger partial charge on any atom is -0.295 e. The Hall–Kier alpha value is -1.09. The quantitative estimate of drug-likeness (QED) is 0.570. The zero-order valence-electron chi connectivity index (χ0n) is 9.53. The lowest BCUT2D eigenvalue weighted by Crippen LogP contribution is -2.03. The summed E-state index contributed by atoms with van der Waals surface area (Å²) in [5.41, 5.74) is 1.58. The summed E-state index contributed by atoms with van der Waals surface area (Å²) in [7, 11) is -2.05. The summed E-state index contributed by atoms with van der Waals surface area (Å²) in [6.45, 7) is 5.19. The van der Waals surface area contributed by atoms with Crippen LogP contribution in [-0.2, 0) is 9.52 Å². The molecule has 0 aliphatic heterocycles. The number of hydrogen-bond acceptors (Lipinski definition) is 2. The molecule has 0 spiro atoms. The highest BCUT2D eigenvalue weighted by Crippen LogP contribution is 2.16. The van der Waals surface area contributed by atoms with E-state index in [1.165, 1.54) is 6.92 Å². The maximum Gasteiger partial charge on any atom is 0.160 e. The monoisotopic (exact) mass is 224 g/mol. The first-order valence-electron chi connectivity index (χ1n) is 4.78. The Morgan fingerprint density at radius 3 is 2.40 bits per heavy atom. The highest BCUT2D eigenvalue weighted by Gasteiger charge is 2.08. The lowest BCUT2D eigenvalue weighted by atomic mass is 10.1. The fourth-order valence-electron chi connectivity index (χ4n) is 1.42. The number of carbonyl (C=O) groups is 1. The first-order valence-corrected chi connectivity index (χ1v) is 6.81. The van der Waals surface area contributed by atoms with E-state index < -0.39 is 9.52 Å². The van der Waals surface area contributed by atoms with Gasteiger partial charge in [0.05, 0.1) is 0 Å². The van der Waals surface area contributed by atoms with Crippen LogP contribution >= 0.6 is 0 Å². The van der Waals surface area contributed by atoms with E-state index in [0.29, 0.717) is 5.56 Å². The van der Waals surface area contributed by atoms with Crippen molar-refractivity contribution in [1.29, 1.82) is 0 Å². The van der Waals surface area contributed by atoms with Gasteiger partial charge in [-0.3, -0.25) is 9.00 Å². The molecule has 3 heteroatoms. The van der Waals surface area contributed by atoms with E-state index >= 15 is 0 Å². The van der Waals surface area contributed by atoms with Crippen molar-refractivity contribution in [3.05, 3.63) is 29.3 Å². The van der Waals surface area contributed by atoms with Gasteiger partial charge in [0.1, 0.15) is 0 Å². The van der Waals surface area contributed by atoms with Crippen LogP contribution in [-0.4, -0.2) is 21.6 Å². The van der Waals surface area contributed by atoms with Crippen molar-refractivity contribution in [2.24, 2.45) is 0 Å². The third-order valence-corrected chi connectivity index (χ3v) is 4.58. The molecule has 15 heavy (non-hydrogen) atoms. The van der Waals surface area contributed by atoms with E-state index in [0.717, 1.165) is 10.5 Å². The predicted molar refractivity (Wildman–Crippen MR) is 65.3 cm³/mol. The van der Waals surface area contributed by atoms with Crippen LogP contribution in [0.1, 0.15) is 29.8 Å². The van der Waals surface area contributed by atoms with Crippen molar-refractivity contribution in [3.8, 4) is 0 Å². The van der Waals surface area contributed by atoms with Crippen molar-refractivity contribution >= 4 is 20.7 Å². The van der Waals surface area contributed by atoms with Gasteiger partial charge in [-0.05, 0) is 59.4 Å². The van der Waals surface area contributed by atoms with Crippen molar-refractivity contribution in [1.82, 2.24) is 0 Å². The number of hydrogen-bond donors (Lipinski definition) is 0. The van der Waals surface area contributed by atoms with Gasteiger partial charge in [-0.2, -0.15) is 0 Å². The summed E-state index contributed by atoms with van der Waals surface area (Å²) >= 11 is 0. The molecule has 1 aromatic rings. The van der Waals surface area contributed by atoms with Crippen LogP contribution in [0.5, 0.6) is 0 Å². The normalized spacial score (nSPS) is 14.4. The smallest absolute Gasteiger partial charge is 0.160 e. The van der Waals surface area contributed by atoms with Crippen molar-refractivity contribution in [2.45, 2.75) is 25.7 Å². The predicted octanol–water partition coefficient (Wildman–Crippen LogP) is 2.29. The third-order valence-electron chi connectivity index (χ3n) is 2.49. The van der Waals surface area contributed by atoms with Gasteiger partial charge in [-0.1, -0.05) is 0 Å². The molecule has 0 amide bonds. The molecular formula is C12H16O2S. The van der Waals surface area contributed by atoms with Crippen LogP contribution in [0.15, 0.2) is 23.1 Å². The van der Waals surface area contributed by atoms with Crippen molar-refractivity contribution in [2.75, 3.05) is 6.26 Å². The lowest BCUT2D eigenvalue weighted by molar-refractivity contribution is 0.101. The molecule has 0 N–H and O–H groups in total. The summed E-state index contributed by atoms with van der Waals surface area (Å²) < 4.78 is 12.0. The van der Waals surface area contributed by atoms with Gasteiger partial charge in [0.25, 0.3) is 0 Å². The number of benzene rings is 1. The molecule has 0 bridgehead atoms. The maximum absolute atomic E-state index is 12.0. The number of aryl methyl sites for hydroxylation is 1. The number of Topliss-reactive ketones (excluding diaryl/α,β-unsaturated/α-hetero) is 1. The summed E-state index contributed by atoms with van der Waals surface area (Å²) in [4.78, 5) is 12.0. The minimum absolute atomic E-state index is 0.0436. The van der Waals surface area contributed by atoms with E-state index in [1.807, 2.05) is 13.0 Å². The maximum atomic E-state index is 12.0. The number of rotatable bonds is 2. The Balaban J connectivity index is 3.37. The molecule has 0 saturated heterocycles. The summed E-state index contributed by atoms with van der Waals surface area (Å²) in [5, 5.41) is 1.70. The zero-order chi connectivity index (χ0) is 11.6. The molecule has 1 aromatic carbocycles. The molecule has 1 atom stereocenters. The van der Waals surface area contributed by atoms with Gasteiger partial charge in [0, 0.05) is 16.7 Å². The minimum atomic E-state index is -2.05. The molecule has 0 aromatic heterocycles. The van der Waals surface area contributed by atoms with E-state index in [4.69, 9.17) is 0 Å². The number of ketones is 1. The van der Waals surface area contributed by atoms with Crippen LogP contribution in [0.4, 0.5) is 0 Å². The van der Waals surface area contributed by atoms with E-state index in [9.17, 15) is 9.00 Å². The standard InChI is InChI=1S/C12H16O2S/c1-5-15(4,14)11-6-7-12(10(3)13)9(2)8-11/h5-8H,1-4H3. The first kappa shape index (κ1) is 12.0. The Kier molecular flexibility index (Phi) is 3.35. The zero-order valence-corrected chi connectivity index (χ0v) is 10.4. The SMILES string of the molecule is CC=S(C)(=O)c1ccc(C(C)=O)c(C)c1. The molecule has 0 saturated carbocycles. The molecule has 2 nitrogen and oxygen atoms in total. The van der Waals surface area contributed by atoms with Gasteiger partial charge in [0.2, 0.25) is 0 Å². The van der Waals surface area contributed by atoms with Crippen molar-refractivity contribution < 1.29 is 9.00 Å². The molecule has 1 unspecified atom stereocenters. The van der Waals surface area contributed by atoms with Gasteiger partial charge < -0.3 is 0 Å². The Bertz CT molecular complexity index is 506. The Morgan fingerprint density at radius 2 is 2.00 bits per heavy atom. The average Bonchev–Trinajstić information content (AvgIpc) is 2.17. The van der Waals surface area contributed by atoms with Crippen LogP contribution in [0.25, 0.3) is 0 Å². The molecule has 1 rings (SSSR count).